The molecule has 2 aromatic rings. The predicted octanol–water partition coefficient (Wildman–Crippen LogP) is 2.04. The van der Waals surface area contributed by atoms with Gasteiger partial charge in [0.1, 0.15) is 5.82 Å². The number of aromatic nitrogens is 2. The zero-order valence-electron chi connectivity index (χ0n) is 11.7. The molecule has 0 atom stereocenters. The molecule has 1 heterocycles. The van der Waals surface area contributed by atoms with Crippen molar-refractivity contribution in [2.45, 2.75) is 18.7 Å². The summed E-state index contributed by atoms with van der Waals surface area (Å²) in [6.45, 7) is 3.25. The lowest BCUT2D eigenvalue weighted by molar-refractivity contribution is 0.378. The van der Waals surface area contributed by atoms with E-state index in [-0.39, 0.29) is 16.6 Å². The van der Waals surface area contributed by atoms with Crippen LogP contribution in [0.25, 0.3) is 0 Å². The minimum atomic E-state index is -3.91. The second kappa shape index (κ2) is 5.65. The van der Waals surface area contributed by atoms with Crippen molar-refractivity contribution in [2.24, 2.45) is 0 Å². The first kappa shape index (κ1) is 15.2. The number of rotatable bonds is 4. The summed E-state index contributed by atoms with van der Waals surface area (Å²) in [5.41, 5.74) is 1.08. The van der Waals surface area contributed by atoms with Gasteiger partial charge in [-0.2, -0.15) is 9.97 Å². The molecule has 0 spiro atoms. The van der Waals surface area contributed by atoms with Crippen LogP contribution < -0.4 is 9.46 Å². The summed E-state index contributed by atoms with van der Waals surface area (Å²) < 4.78 is 44.9. The van der Waals surface area contributed by atoms with Gasteiger partial charge in [-0.05, 0) is 32.0 Å². The highest BCUT2D eigenvalue weighted by atomic mass is 32.2. The Bertz CT molecular complexity index is 755. The highest BCUT2D eigenvalue weighted by Gasteiger charge is 2.19. The molecule has 0 aliphatic rings. The summed E-state index contributed by atoms with van der Waals surface area (Å²) in [7, 11) is -2.49. The average Bonchev–Trinajstić information content (AvgIpc) is 2.42. The Morgan fingerprint density at radius 3 is 2.33 bits per heavy atom. The predicted molar refractivity (Wildman–Crippen MR) is 75.3 cm³/mol. The zero-order chi connectivity index (χ0) is 15.6. The minimum Gasteiger partial charge on any atom is -0.467 e. The number of nitrogens with one attached hydrogen (secondary N) is 1. The molecule has 2 rings (SSSR count). The monoisotopic (exact) mass is 311 g/mol. The van der Waals surface area contributed by atoms with Gasteiger partial charge >= 0.3 is 6.01 Å². The highest BCUT2D eigenvalue weighted by molar-refractivity contribution is 7.92. The summed E-state index contributed by atoms with van der Waals surface area (Å²) in [6, 6.07) is 4.90. The number of nitrogens with zero attached hydrogens (tertiary/aromatic N) is 2. The van der Waals surface area contributed by atoms with E-state index < -0.39 is 15.8 Å². The fourth-order valence-electron chi connectivity index (χ4n) is 1.75. The van der Waals surface area contributed by atoms with Crippen molar-refractivity contribution in [3.8, 4) is 6.01 Å². The number of anilines is 1. The van der Waals surface area contributed by atoms with Crippen LogP contribution in [0.4, 0.5) is 10.1 Å². The van der Waals surface area contributed by atoms with E-state index >= 15 is 0 Å². The molecule has 21 heavy (non-hydrogen) atoms. The van der Waals surface area contributed by atoms with Crippen molar-refractivity contribution in [3.63, 3.8) is 0 Å². The van der Waals surface area contributed by atoms with E-state index in [1.807, 2.05) is 0 Å². The molecular formula is C13H14FN3O3S. The third kappa shape index (κ3) is 3.27. The number of halogens is 1. The Hall–Kier alpha value is -2.22. The first-order valence-electron chi connectivity index (χ1n) is 6.01. The Morgan fingerprint density at radius 2 is 1.81 bits per heavy atom. The number of hydrogen-bond donors (Lipinski definition) is 1. The molecule has 0 saturated carbocycles. The molecule has 0 amide bonds. The van der Waals surface area contributed by atoms with Gasteiger partial charge in [0.15, 0.2) is 0 Å². The number of methoxy groups -OCH3 is 1. The molecule has 0 bridgehead atoms. The fraction of sp³-hybridized carbons (Fsp3) is 0.231. The number of benzene rings is 1. The van der Waals surface area contributed by atoms with Gasteiger partial charge in [0.25, 0.3) is 10.0 Å². The molecule has 112 valence electrons. The SMILES string of the molecule is COc1nc(C)c(NS(=O)(=O)c2cccc(F)c2)c(C)n1. The molecular weight excluding hydrogens is 297 g/mol. The second-order valence-corrected chi connectivity index (χ2v) is 6.00. The quantitative estimate of drug-likeness (QED) is 0.934. The van der Waals surface area contributed by atoms with E-state index in [1.165, 1.54) is 25.3 Å². The summed E-state index contributed by atoms with van der Waals surface area (Å²) >= 11 is 0. The molecule has 0 fully saturated rings. The van der Waals surface area contributed by atoms with Gasteiger partial charge in [0, 0.05) is 0 Å². The topological polar surface area (TPSA) is 81.2 Å². The van der Waals surface area contributed by atoms with Crippen molar-refractivity contribution >= 4 is 15.7 Å². The van der Waals surface area contributed by atoms with E-state index in [4.69, 9.17) is 4.74 Å². The number of aryl methyl sites for hydroxylation is 2. The lowest BCUT2D eigenvalue weighted by atomic mass is 10.3. The fourth-order valence-corrected chi connectivity index (χ4v) is 2.96. The van der Waals surface area contributed by atoms with E-state index in [1.54, 1.807) is 13.8 Å². The molecule has 0 radical (unpaired) electrons. The van der Waals surface area contributed by atoms with Crippen molar-refractivity contribution in [1.29, 1.82) is 0 Å². The van der Waals surface area contributed by atoms with E-state index in [2.05, 4.69) is 14.7 Å². The first-order chi connectivity index (χ1) is 9.83. The van der Waals surface area contributed by atoms with Crippen molar-refractivity contribution in [3.05, 3.63) is 41.5 Å². The van der Waals surface area contributed by atoms with Crippen molar-refractivity contribution < 1.29 is 17.5 Å². The van der Waals surface area contributed by atoms with Crippen LogP contribution in [0.15, 0.2) is 29.2 Å². The maximum absolute atomic E-state index is 13.2. The smallest absolute Gasteiger partial charge is 0.316 e. The van der Waals surface area contributed by atoms with E-state index in [9.17, 15) is 12.8 Å². The summed E-state index contributed by atoms with van der Waals surface area (Å²) in [4.78, 5) is 7.86. The maximum atomic E-state index is 13.2. The molecule has 0 aliphatic carbocycles. The normalized spacial score (nSPS) is 11.2. The molecule has 0 unspecified atom stereocenters. The third-order valence-corrected chi connectivity index (χ3v) is 4.12. The second-order valence-electron chi connectivity index (χ2n) is 4.32. The Balaban J connectivity index is 2.42. The standard InChI is InChI=1S/C13H14FN3O3S/c1-8-12(9(2)16-13(15-8)20-3)17-21(18,19)11-6-4-5-10(14)7-11/h4-7,17H,1-3H3. The third-order valence-electron chi connectivity index (χ3n) is 2.78. The van der Waals surface area contributed by atoms with Crippen LogP contribution in [0.3, 0.4) is 0 Å². The van der Waals surface area contributed by atoms with Gasteiger partial charge in [-0.3, -0.25) is 4.72 Å². The summed E-state index contributed by atoms with van der Waals surface area (Å²) in [5, 5.41) is 0. The van der Waals surface area contributed by atoms with Crippen LogP contribution in [-0.4, -0.2) is 25.5 Å². The van der Waals surface area contributed by atoms with Gasteiger partial charge in [0.2, 0.25) is 0 Å². The van der Waals surface area contributed by atoms with Crippen LogP contribution in [-0.2, 0) is 10.0 Å². The van der Waals surface area contributed by atoms with Gasteiger partial charge < -0.3 is 4.74 Å². The van der Waals surface area contributed by atoms with Crippen molar-refractivity contribution in [2.75, 3.05) is 11.8 Å². The molecule has 0 aliphatic heterocycles. The van der Waals surface area contributed by atoms with Gasteiger partial charge in [-0.25, -0.2) is 12.8 Å². The van der Waals surface area contributed by atoms with E-state index in [0.29, 0.717) is 11.4 Å². The van der Waals surface area contributed by atoms with Gasteiger partial charge in [-0.1, -0.05) is 6.07 Å². The van der Waals surface area contributed by atoms with Gasteiger partial charge in [-0.15, -0.1) is 0 Å². The van der Waals surface area contributed by atoms with E-state index in [0.717, 1.165) is 6.07 Å². The lowest BCUT2D eigenvalue weighted by Gasteiger charge is -2.13. The average molecular weight is 311 g/mol. The first-order valence-corrected chi connectivity index (χ1v) is 7.49. The van der Waals surface area contributed by atoms with Crippen LogP contribution in [0.5, 0.6) is 6.01 Å². The largest absolute Gasteiger partial charge is 0.467 e. The molecule has 1 N–H and O–H groups in total. The maximum Gasteiger partial charge on any atom is 0.316 e. The number of hydrogen-bond acceptors (Lipinski definition) is 5. The Kier molecular flexibility index (Phi) is 4.08. The summed E-state index contributed by atoms with van der Waals surface area (Å²) in [5.74, 6) is -0.628. The molecule has 8 heteroatoms. The highest BCUT2D eigenvalue weighted by Crippen LogP contribution is 2.23. The molecule has 1 aromatic heterocycles. The number of sulfonamides is 1. The Morgan fingerprint density at radius 1 is 1.19 bits per heavy atom. The lowest BCUT2D eigenvalue weighted by Crippen LogP contribution is -2.16. The van der Waals surface area contributed by atoms with Gasteiger partial charge in [0.05, 0.1) is 29.1 Å². The van der Waals surface area contributed by atoms with Crippen molar-refractivity contribution in [1.82, 2.24) is 9.97 Å². The van der Waals surface area contributed by atoms with Crippen LogP contribution in [0.2, 0.25) is 0 Å². The van der Waals surface area contributed by atoms with Crippen LogP contribution in [0, 0.1) is 19.7 Å². The number of ether oxygens (including phenoxy) is 1. The molecule has 6 nitrogen and oxygen atoms in total. The minimum absolute atomic E-state index is 0.152. The van der Waals surface area contributed by atoms with Crippen LogP contribution >= 0.6 is 0 Å². The summed E-state index contributed by atoms with van der Waals surface area (Å²) in [6.07, 6.45) is 0. The molecule has 0 saturated heterocycles. The zero-order valence-corrected chi connectivity index (χ0v) is 12.5. The van der Waals surface area contributed by atoms with Crippen LogP contribution in [0.1, 0.15) is 11.4 Å². The molecule has 1 aromatic carbocycles. The Labute approximate surface area is 122 Å².